The van der Waals surface area contributed by atoms with Gasteiger partial charge in [0.05, 0.1) is 5.56 Å². The fourth-order valence-corrected chi connectivity index (χ4v) is 2.66. The monoisotopic (exact) mass is 420 g/mol. The number of aliphatic hydroxyl groups excluding tert-OH is 3. The van der Waals surface area contributed by atoms with Crippen LogP contribution in [0.3, 0.4) is 0 Å². The number of hydrogen-bond donors (Lipinski definition) is 6. The molecule has 2 rings (SSSR count). The maximum atomic E-state index is 13.4. The van der Waals surface area contributed by atoms with E-state index < -0.39 is 60.3 Å². The summed E-state index contributed by atoms with van der Waals surface area (Å²) in [5, 5.41) is 40.8. The summed E-state index contributed by atoms with van der Waals surface area (Å²) in [6, 6.07) is 3.29. The highest BCUT2D eigenvalue weighted by atomic mass is 19.3. The molecule has 7 N–H and O–H groups in total. The fourth-order valence-electron chi connectivity index (χ4n) is 2.66. The van der Waals surface area contributed by atoms with Crippen molar-refractivity contribution < 1.29 is 48.3 Å². The third kappa shape index (κ3) is 5.58. The molecule has 0 spiro atoms. The number of aliphatic hydroxyl groups is 3. The van der Waals surface area contributed by atoms with Crippen molar-refractivity contribution in [3.63, 3.8) is 0 Å². The number of rotatable bonds is 8. The van der Waals surface area contributed by atoms with E-state index in [1.807, 2.05) is 0 Å². The van der Waals surface area contributed by atoms with Crippen molar-refractivity contribution in [3.8, 4) is 5.75 Å². The van der Waals surface area contributed by atoms with Gasteiger partial charge in [0.15, 0.2) is 6.10 Å². The number of hydrogen-bond acceptors (Lipinski definition) is 8. The first kappa shape index (κ1) is 22.9. The minimum atomic E-state index is -3.04. The van der Waals surface area contributed by atoms with Gasteiger partial charge in [-0.1, -0.05) is 0 Å². The molecule has 1 aliphatic rings. The Bertz CT molecular complexity index is 735. The number of carboxylic acids is 1. The van der Waals surface area contributed by atoms with Gasteiger partial charge in [0, 0.05) is 12.1 Å². The summed E-state index contributed by atoms with van der Waals surface area (Å²) >= 11 is 0. The van der Waals surface area contributed by atoms with Gasteiger partial charge in [-0.15, -0.1) is 0 Å². The van der Waals surface area contributed by atoms with Gasteiger partial charge < -0.3 is 41.0 Å². The van der Waals surface area contributed by atoms with Crippen LogP contribution >= 0.6 is 0 Å². The van der Waals surface area contributed by atoms with E-state index in [-0.39, 0.29) is 12.1 Å². The van der Waals surface area contributed by atoms with Crippen molar-refractivity contribution in [2.45, 2.75) is 50.0 Å². The van der Waals surface area contributed by atoms with E-state index >= 15 is 0 Å². The van der Waals surface area contributed by atoms with Crippen molar-refractivity contribution in [2.75, 3.05) is 11.9 Å². The number of benzene rings is 1. The Morgan fingerprint density at radius 3 is 2.48 bits per heavy atom. The number of carbonyl (C=O) groups excluding carboxylic acids is 1. The Morgan fingerprint density at radius 1 is 1.21 bits per heavy atom. The van der Waals surface area contributed by atoms with Crippen LogP contribution in [0.1, 0.15) is 24.8 Å². The van der Waals surface area contributed by atoms with E-state index in [1.165, 1.54) is 6.07 Å². The number of aliphatic carboxylic acids is 1. The zero-order valence-electron chi connectivity index (χ0n) is 15.1. The lowest BCUT2D eigenvalue weighted by molar-refractivity contribution is -0.271. The topological polar surface area (TPSA) is 172 Å². The molecule has 5 unspecified atom stereocenters. The zero-order chi connectivity index (χ0) is 21.7. The van der Waals surface area contributed by atoms with Gasteiger partial charge in [-0.2, -0.15) is 0 Å². The van der Waals surface area contributed by atoms with Crippen molar-refractivity contribution in [1.82, 2.24) is 0 Å². The van der Waals surface area contributed by atoms with E-state index in [2.05, 4.69) is 5.32 Å². The molecule has 0 radical (unpaired) electrons. The molecule has 1 fully saturated rings. The molecule has 5 atom stereocenters. The quantitative estimate of drug-likeness (QED) is 0.326. The molecule has 1 heterocycles. The Balaban J connectivity index is 2.20. The number of nitrogens with one attached hydrogen (secondary N) is 1. The normalized spacial score (nSPS) is 26.9. The summed E-state index contributed by atoms with van der Waals surface area (Å²) in [5.74, 6) is -2.52. The summed E-state index contributed by atoms with van der Waals surface area (Å²) in [7, 11) is 0. The van der Waals surface area contributed by atoms with Crippen molar-refractivity contribution >= 4 is 17.6 Å². The maximum absolute atomic E-state index is 13.4. The molecule has 0 aromatic heterocycles. The van der Waals surface area contributed by atoms with E-state index in [0.29, 0.717) is 13.0 Å². The van der Waals surface area contributed by atoms with Crippen LogP contribution in [0, 0.1) is 0 Å². The first-order valence-electron chi connectivity index (χ1n) is 8.66. The van der Waals surface area contributed by atoms with Gasteiger partial charge in [-0.05, 0) is 31.2 Å². The van der Waals surface area contributed by atoms with E-state index in [9.17, 15) is 33.7 Å². The summed E-state index contributed by atoms with van der Waals surface area (Å²) < 4.78 is 37.0. The van der Waals surface area contributed by atoms with Gasteiger partial charge >= 0.3 is 5.97 Å². The zero-order valence-corrected chi connectivity index (χ0v) is 15.1. The first-order chi connectivity index (χ1) is 13.6. The van der Waals surface area contributed by atoms with Gasteiger partial charge in [0.25, 0.3) is 6.43 Å². The molecule has 10 nitrogen and oxygen atoms in total. The molecule has 162 valence electrons. The SMILES string of the molecule is NCCCC(=O)Nc1ccc(OC2OC(C(=O)O)C(O)C(O)C2O)c(C(F)F)c1. The average Bonchev–Trinajstić information content (AvgIpc) is 2.67. The number of nitrogens with two attached hydrogens (primary N) is 1. The average molecular weight is 420 g/mol. The van der Waals surface area contributed by atoms with Gasteiger partial charge in [-0.3, -0.25) is 4.79 Å². The second-order valence-electron chi connectivity index (χ2n) is 6.35. The highest BCUT2D eigenvalue weighted by molar-refractivity contribution is 5.90. The molecule has 1 aromatic rings. The van der Waals surface area contributed by atoms with Crippen LogP contribution in [0.15, 0.2) is 18.2 Å². The van der Waals surface area contributed by atoms with Crippen LogP contribution in [0.5, 0.6) is 5.75 Å². The lowest BCUT2D eigenvalue weighted by Gasteiger charge is -2.38. The van der Waals surface area contributed by atoms with Crippen molar-refractivity contribution in [1.29, 1.82) is 0 Å². The lowest BCUT2D eigenvalue weighted by atomic mass is 9.99. The Labute approximate surface area is 163 Å². The Morgan fingerprint density at radius 2 is 1.90 bits per heavy atom. The number of amides is 1. The minimum absolute atomic E-state index is 0.0682. The first-order valence-corrected chi connectivity index (χ1v) is 8.66. The molecule has 12 heteroatoms. The van der Waals surface area contributed by atoms with Gasteiger partial charge in [0.2, 0.25) is 12.2 Å². The van der Waals surface area contributed by atoms with Crippen LogP contribution in [0.2, 0.25) is 0 Å². The third-order valence-electron chi connectivity index (χ3n) is 4.19. The van der Waals surface area contributed by atoms with E-state index in [0.717, 1.165) is 12.1 Å². The lowest BCUT2D eigenvalue weighted by Crippen LogP contribution is -2.61. The smallest absolute Gasteiger partial charge is 0.335 e. The number of ether oxygens (including phenoxy) is 2. The molecule has 1 saturated heterocycles. The number of carboxylic acid groups (broad SMARTS) is 1. The summed E-state index contributed by atoms with van der Waals surface area (Å²) in [6.45, 7) is 0.296. The third-order valence-corrected chi connectivity index (χ3v) is 4.19. The number of carbonyl (C=O) groups is 2. The van der Waals surface area contributed by atoms with Crippen LogP contribution in [-0.2, 0) is 14.3 Å². The Kier molecular flexibility index (Phi) is 7.81. The molecule has 0 aliphatic carbocycles. The molecule has 1 amide bonds. The standard InChI is InChI=1S/C17H22F2N2O8/c18-15(19)8-6-7(21-10(22)2-1-5-20)3-4-9(8)28-17-13(25)11(23)12(24)14(29-17)16(26)27/h3-4,6,11-15,17,23-25H,1-2,5,20H2,(H,21,22)(H,26,27). The van der Waals surface area contributed by atoms with E-state index in [4.69, 9.17) is 20.3 Å². The Hall–Kier alpha value is -2.38. The highest BCUT2D eigenvalue weighted by Crippen LogP contribution is 2.34. The van der Waals surface area contributed by atoms with Crippen LogP contribution < -0.4 is 15.8 Å². The summed E-state index contributed by atoms with van der Waals surface area (Å²) in [6.07, 6.45) is -12.1. The largest absolute Gasteiger partial charge is 0.479 e. The second-order valence-corrected chi connectivity index (χ2v) is 6.35. The summed E-state index contributed by atoms with van der Waals surface area (Å²) in [4.78, 5) is 22.8. The molecular weight excluding hydrogens is 398 g/mol. The minimum Gasteiger partial charge on any atom is -0.479 e. The number of alkyl halides is 2. The molecule has 0 saturated carbocycles. The molecular formula is C17H22F2N2O8. The second kappa shape index (κ2) is 9.89. The predicted octanol–water partition coefficient (Wildman–Crippen LogP) is -0.427. The predicted molar refractivity (Wildman–Crippen MR) is 93.3 cm³/mol. The maximum Gasteiger partial charge on any atom is 0.335 e. The molecule has 1 aliphatic heterocycles. The molecule has 29 heavy (non-hydrogen) atoms. The number of halogens is 2. The molecule has 0 bridgehead atoms. The van der Waals surface area contributed by atoms with Crippen molar-refractivity contribution in [3.05, 3.63) is 23.8 Å². The van der Waals surface area contributed by atoms with Crippen LogP contribution in [0.25, 0.3) is 0 Å². The van der Waals surface area contributed by atoms with Crippen LogP contribution in [0.4, 0.5) is 14.5 Å². The molecule has 1 aromatic carbocycles. The van der Waals surface area contributed by atoms with E-state index in [1.54, 1.807) is 0 Å². The highest BCUT2D eigenvalue weighted by Gasteiger charge is 2.48. The van der Waals surface area contributed by atoms with Gasteiger partial charge in [0.1, 0.15) is 24.1 Å². The fraction of sp³-hybridized carbons (Fsp3) is 0.529. The van der Waals surface area contributed by atoms with Crippen molar-refractivity contribution in [2.24, 2.45) is 5.73 Å². The van der Waals surface area contributed by atoms with Gasteiger partial charge in [-0.25, -0.2) is 13.6 Å². The van der Waals surface area contributed by atoms with Crippen LogP contribution in [-0.4, -0.2) is 69.6 Å². The number of anilines is 1. The summed E-state index contributed by atoms with van der Waals surface area (Å²) in [5.41, 5.74) is 4.71.